The van der Waals surface area contributed by atoms with E-state index in [0.717, 1.165) is 44.7 Å². The van der Waals surface area contributed by atoms with Gasteiger partial charge in [-0.05, 0) is 43.8 Å². The number of nitrogens with two attached hydrogens (primary N) is 1. The van der Waals surface area contributed by atoms with Gasteiger partial charge in [0.05, 0.1) is 0 Å². The van der Waals surface area contributed by atoms with Gasteiger partial charge in [-0.2, -0.15) is 0 Å². The topological polar surface area (TPSA) is 47.3 Å². The summed E-state index contributed by atoms with van der Waals surface area (Å²) in [6.07, 6.45) is 1.24. The van der Waals surface area contributed by atoms with Crippen LogP contribution in [0.3, 0.4) is 0 Å². The lowest BCUT2D eigenvalue weighted by atomic mass is 9.83. The van der Waals surface area contributed by atoms with E-state index in [1.165, 1.54) is 6.42 Å². The lowest BCUT2D eigenvalue weighted by molar-refractivity contribution is 0.166. The van der Waals surface area contributed by atoms with Gasteiger partial charge in [-0.25, -0.2) is 0 Å². The summed E-state index contributed by atoms with van der Waals surface area (Å²) in [5.41, 5.74) is 5.71. The minimum Gasteiger partial charge on any atom is -0.381 e. The summed E-state index contributed by atoms with van der Waals surface area (Å²) >= 11 is 0. The third-order valence-corrected chi connectivity index (χ3v) is 3.27. The molecule has 14 heavy (non-hydrogen) atoms. The highest BCUT2D eigenvalue weighted by molar-refractivity contribution is 5.85. The first-order valence-corrected chi connectivity index (χ1v) is 4.90. The van der Waals surface area contributed by atoms with Crippen molar-refractivity contribution in [2.45, 2.75) is 6.42 Å². The Morgan fingerprint density at radius 3 is 2.64 bits per heavy atom. The van der Waals surface area contributed by atoms with Crippen LogP contribution in [0.2, 0.25) is 0 Å². The lowest BCUT2D eigenvalue weighted by Gasteiger charge is -2.21. The van der Waals surface area contributed by atoms with Crippen LogP contribution in [0.5, 0.6) is 0 Å². The molecule has 0 radical (unpaired) electrons. The second-order valence-corrected chi connectivity index (χ2v) is 3.94. The summed E-state index contributed by atoms with van der Waals surface area (Å²) in [5, 5.41) is 3.41. The van der Waals surface area contributed by atoms with Crippen molar-refractivity contribution in [2.24, 2.45) is 23.5 Å². The molecule has 0 aromatic rings. The van der Waals surface area contributed by atoms with Crippen LogP contribution in [0.4, 0.5) is 0 Å². The highest BCUT2D eigenvalue weighted by Gasteiger charge is 2.34. The smallest absolute Gasteiger partial charge is 0.0498 e. The molecule has 3 unspecified atom stereocenters. The number of ether oxygens (including phenoxy) is 1. The number of hydrogen-bond acceptors (Lipinski definition) is 3. The van der Waals surface area contributed by atoms with Gasteiger partial charge in [0.2, 0.25) is 0 Å². The van der Waals surface area contributed by atoms with Gasteiger partial charge in [0, 0.05) is 13.2 Å². The van der Waals surface area contributed by atoms with Crippen LogP contribution in [0.15, 0.2) is 0 Å². The highest BCUT2D eigenvalue weighted by atomic mass is 35.5. The first-order chi connectivity index (χ1) is 5.92. The van der Waals surface area contributed by atoms with Crippen LogP contribution in [-0.4, -0.2) is 32.8 Å². The van der Waals surface area contributed by atoms with Crippen molar-refractivity contribution >= 4 is 24.8 Å². The van der Waals surface area contributed by atoms with Crippen LogP contribution in [0.1, 0.15) is 6.42 Å². The Bertz CT molecular complexity index is 154. The van der Waals surface area contributed by atoms with Crippen LogP contribution < -0.4 is 11.1 Å². The summed E-state index contributed by atoms with van der Waals surface area (Å²) in [7, 11) is 0. The van der Waals surface area contributed by atoms with Gasteiger partial charge in [-0.1, -0.05) is 0 Å². The number of hydrogen-bond donors (Lipinski definition) is 2. The van der Waals surface area contributed by atoms with Crippen molar-refractivity contribution in [3.63, 3.8) is 0 Å². The fourth-order valence-electron chi connectivity index (χ4n) is 2.45. The van der Waals surface area contributed by atoms with E-state index >= 15 is 0 Å². The second kappa shape index (κ2) is 6.85. The van der Waals surface area contributed by atoms with Gasteiger partial charge in [-0.3, -0.25) is 0 Å². The van der Waals surface area contributed by atoms with E-state index in [1.807, 2.05) is 0 Å². The summed E-state index contributed by atoms with van der Waals surface area (Å²) in [6.45, 7) is 5.00. The molecule has 2 fully saturated rings. The van der Waals surface area contributed by atoms with E-state index in [2.05, 4.69) is 5.32 Å². The van der Waals surface area contributed by atoms with Gasteiger partial charge < -0.3 is 15.8 Å². The number of nitrogens with one attached hydrogen (secondary N) is 1. The summed E-state index contributed by atoms with van der Waals surface area (Å²) in [4.78, 5) is 0. The molecule has 0 aliphatic carbocycles. The first-order valence-electron chi connectivity index (χ1n) is 4.90. The predicted molar refractivity (Wildman–Crippen MR) is 62.3 cm³/mol. The molecule has 0 spiro atoms. The van der Waals surface area contributed by atoms with Gasteiger partial charge in [0.25, 0.3) is 0 Å². The zero-order valence-electron chi connectivity index (χ0n) is 8.28. The van der Waals surface area contributed by atoms with Crippen molar-refractivity contribution in [1.29, 1.82) is 0 Å². The molecule has 3 atom stereocenters. The zero-order valence-corrected chi connectivity index (χ0v) is 9.91. The summed E-state index contributed by atoms with van der Waals surface area (Å²) < 4.78 is 5.39. The monoisotopic (exact) mass is 242 g/mol. The average Bonchev–Trinajstić information content (AvgIpc) is 2.74. The largest absolute Gasteiger partial charge is 0.381 e. The Kier molecular flexibility index (Phi) is 7.08. The van der Waals surface area contributed by atoms with E-state index in [0.29, 0.717) is 5.92 Å². The molecule has 2 aliphatic rings. The van der Waals surface area contributed by atoms with E-state index in [4.69, 9.17) is 10.5 Å². The standard InChI is InChI=1S/C9H18N2O.2ClH/c10-3-8-4-11-5-9(8)7-1-2-12-6-7;;/h7-9,11H,1-6,10H2;2*1H. The first kappa shape index (κ1) is 14.5. The van der Waals surface area contributed by atoms with E-state index in [9.17, 15) is 0 Å². The van der Waals surface area contributed by atoms with Crippen molar-refractivity contribution in [2.75, 3.05) is 32.8 Å². The Morgan fingerprint density at radius 1 is 1.29 bits per heavy atom. The second-order valence-electron chi connectivity index (χ2n) is 3.94. The maximum atomic E-state index is 5.71. The molecule has 0 aromatic carbocycles. The molecule has 2 saturated heterocycles. The maximum absolute atomic E-state index is 5.71. The Hall–Kier alpha value is 0.460. The molecule has 3 N–H and O–H groups in total. The molecular formula is C9H20Cl2N2O. The van der Waals surface area contributed by atoms with Gasteiger partial charge in [0.1, 0.15) is 0 Å². The van der Waals surface area contributed by atoms with Crippen LogP contribution in [0, 0.1) is 17.8 Å². The number of rotatable bonds is 2. The third-order valence-electron chi connectivity index (χ3n) is 3.27. The van der Waals surface area contributed by atoms with Crippen molar-refractivity contribution in [3.05, 3.63) is 0 Å². The van der Waals surface area contributed by atoms with E-state index in [-0.39, 0.29) is 24.8 Å². The van der Waals surface area contributed by atoms with Gasteiger partial charge >= 0.3 is 0 Å². The molecule has 86 valence electrons. The molecule has 0 aromatic heterocycles. The zero-order chi connectivity index (χ0) is 8.39. The molecule has 0 amide bonds. The van der Waals surface area contributed by atoms with Crippen LogP contribution in [-0.2, 0) is 4.74 Å². The third kappa shape index (κ3) is 2.97. The normalized spacial score (nSPS) is 36.2. The highest BCUT2D eigenvalue weighted by Crippen LogP contribution is 2.29. The van der Waals surface area contributed by atoms with Crippen molar-refractivity contribution in [3.8, 4) is 0 Å². The van der Waals surface area contributed by atoms with Gasteiger partial charge in [-0.15, -0.1) is 24.8 Å². The molecule has 0 bridgehead atoms. The minimum absolute atomic E-state index is 0. The van der Waals surface area contributed by atoms with E-state index < -0.39 is 0 Å². The molecule has 2 aliphatic heterocycles. The van der Waals surface area contributed by atoms with Crippen molar-refractivity contribution in [1.82, 2.24) is 5.32 Å². The van der Waals surface area contributed by atoms with Crippen LogP contribution >= 0.6 is 24.8 Å². The fraction of sp³-hybridized carbons (Fsp3) is 1.00. The molecule has 3 nitrogen and oxygen atoms in total. The fourth-order valence-corrected chi connectivity index (χ4v) is 2.45. The Morgan fingerprint density at radius 2 is 2.07 bits per heavy atom. The summed E-state index contributed by atoms with van der Waals surface area (Å²) in [6, 6.07) is 0. The molecule has 0 saturated carbocycles. The number of halogens is 2. The Labute approximate surface area is 98.0 Å². The molecular weight excluding hydrogens is 223 g/mol. The molecule has 5 heteroatoms. The summed E-state index contributed by atoms with van der Waals surface area (Å²) in [5.74, 6) is 2.24. The van der Waals surface area contributed by atoms with E-state index in [1.54, 1.807) is 0 Å². The maximum Gasteiger partial charge on any atom is 0.0498 e. The minimum atomic E-state index is 0. The molecule has 2 rings (SSSR count). The van der Waals surface area contributed by atoms with Crippen LogP contribution in [0.25, 0.3) is 0 Å². The van der Waals surface area contributed by atoms with Gasteiger partial charge in [0.15, 0.2) is 0 Å². The van der Waals surface area contributed by atoms with Crippen molar-refractivity contribution < 1.29 is 4.74 Å². The molecule has 2 heterocycles. The lowest BCUT2D eigenvalue weighted by Crippen LogP contribution is -2.28. The quantitative estimate of drug-likeness (QED) is 0.749. The predicted octanol–water partition coefficient (Wildman–Crippen LogP) is 0.661. The average molecular weight is 243 g/mol. The SMILES string of the molecule is Cl.Cl.NCC1CNCC1C1CCOC1. The Balaban J connectivity index is 0.000000845.